The van der Waals surface area contributed by atoms with E-state index in [9.17, 15) is 17.5 Å². The van der Waals surface area contributed by atoms with Gasteiger partial charge in [-0.2, -0.15) is 10.6 Å². The lowest BCUT2D eigenvalue weighted by atomic mass is 10.1. The van der Waals surface area contributed by atoms with Crippen LogP contribution in [0.4, 0.5) is 0 Å². The van der Waals surface area contributed by atoms with Crippen LogP contribution in [0.1, 0.15) is 16.4 Å². The molecular weight excluding hydrogens is 322 g/mol. The van der Waals surface area contributed by atoms with E-state index in [1.54, 1.807) is 36.4 Å². The quantitative estimate of drug-likeness (QED) is 0.798. The molecule has 1 unspecified atom stereocenters. The second-order valence-corrected chi connectivity index (χ2v) is 9.45. The molecule has 0 saturated carbocycles. The lowest BCUT2D eigenvalue weighted by Crippen LogP contribution is -2.17. The molecular formula is C15H17NO4S2. The zero-order chi connectivity index (χ0) is 16.0. The zero-order valence-corrected chi connectivity index (χ0v) is 13.3. The van der Waals surface area contributed by atoms with Crippen molar-refractivity contribution in [2.24, 2.45) is 5.73 Å². The summed E-state index contributed by atoms with van der Waals surface area (Å²) in [6, 6.07) is 13.0. The molecule has 0 saturated heterocycles. The molecule has 5 nitrogen and oxygen atoms in total. The molecule has 22 heavy (non-hydrogen) atoms. The highest BCUT2D eigenvalue weighted by atomic mass is 32.3. The van der Waals surface area contributed by atoms with Gasteiger partial charge < -0.3 is 5.73 Å². The Balaban J connectivity index is 2.20. The molecule has 1 atom stereocenters. The minimum Gasteiger partial charge on any atom is -0.326 e. The van der Waals surface area contributed by atoms with Crippen LogP contribution < -0.4 is 5.73 Å². The standard InChI is InChI=1S/C15H17NO4S2/c16-9-11-5-4-8-13-15(11)14(10-21(13,17)18)22(19,20)12-6-2-1-3-7-12/h1-8,14,17-18H,9-10,16H2. The first-order valence-electron chi connectivity index (χ1n) is 6.74. The Labute approximate surface area is 131 Å². The van der Waals surface area contributed by atoms with Crippen molar-refractivity contribution in [1.82, 2.24) is 0 Å². The lowest BCUT2D eigenvalue weighted by Gasteiger charge is -2.27. The van der Waals surface area contributed by atoms with E-state index in [1.807, 2.05) is 0 Å². The highest BCUT2D eigenvalue weighted by Crippen LogP contribution is 2.61. The van der Waals surface area contributed by atoms with Gasteiger partial charge in [-0.25, -0.2) is 8.42 Å². The number of hydrogen-bond donors (Lipinski definition) is 3. The maximum Gasteiger partial charge on any atom is 0.187 e. The minimum absolute atomic E-state index is 0.152. The normalized spacial score (nSPS) is 21.3. The first kappa shape index (κ1) is 15.5. The molecule has 0 amide bonds. The van der Waals surface area contributed by atoms with E-state index in [1.165, 1.54) is 12.1 Å². The second kappa shape index (κ2) is 5.36. The highest BCUT2D eigenvalue weighted by molar-refractivity contribution is 8.25. The lowest BCUT2D eigenvalue weighted by molar-refractivity contribution is 0.491. The van der Waals surface area contributed by atoms with E-state index >= 15 is 0 Å². The van der Waals surface area contributed by atoms with Crippen molar-refractivity contribution in [2.45, 2.75) is 21.6 Å². The second-order valence-electron chi connectivity index (χ2n) is 5.21. The van der Waals surface area contributed by atoms with Crippen LogP contribution in [0.3, 0.4) is 0 Å². The Morgan fingerprint density at radius 1 is 1.09 bits per heavy atom. The number of sulfone groups is 1. The van der Waals surface area contributed by atoms with Gasteiger partial charge >= 0.3 is 0 Å². The van der Waals surface area contributed by atoms with Crippen LogP contribution in [0, 0.1) is 0 Å². The fourth-order valence-electron chi connectivity index (χ4n) is 2.82. The fraction of sp³-hybridized carbons (Fsp3) is 0.200. The van der Waals surface area contributed by atoms with Crippen LogP contribution >= 0.6 is 10.6 Å². The van der Waals surface area contributed by atoms with Crippen LogP contribution in [-0.4, -0.2) is 23.3 Å². The Morgan fingerprint density at radius 3 is 2.41 bits per heavy atom. The van der Waals surface area contributed by atoms with Crippen LogP contribution in [0.15, 0.2) is 58.3 Å². The summed E-state index contributed by atoms with van der Waals surface area (Å²) in [4.78, 5) is 0.481. The molecule has 0 aliphatic carbocycles. The van der Waals surface area contributed by atoms with E-state index in [4.69, 9.17) is 5.73 Å². The van der Waals surface area contributed by atoms with Crippen molar-refractivity contribution in [3.8, 4) is 0 Å². The Morgan fingerprint density at radius 2 is 1.77 bits per heavy atom. The summed E-state index contributed by atoms with van der Waals surface area (Å²) in [6.07, 6.45) is 0. The summed E-state index contributed by atoms with van der Waals surface area (Å²) in [6.45, 7) is 0.152. The van der Waals surface area contributed by atoms with Gasteiger partial charge in [-0.3, -0.25) is 9.11 Å². The van der Waals surface area contributed by atoms with Gasteiger partial charge in [-0.1, -0.05) is 30.3 Å². The third kappa shape index (κ3) is 2.35. The van der Waals surface area contributed by atoms with Crippen LogP contribution in [0.2, 0.25) is 0 Å². The smallest absolute Gasteiger partial charge is 0.187 e. The van der Waals surface area contributed by atoms with Crippen molar-refractivity contribution in [3.63, 3.8) is 0 Å². The molecule has 0 bridgehead atoms. The Bertz CT molecular complexity index is 804. The molecule has 1 aliphatic rings. The molecule has 3 rings (SSSR count). The van der Waals surface area contributed by atoms with Crippen LogP contribution in [-0.2, 0) is 16.4 Å². The van der Waals surface area contributed by atoms with Crippen molar-refractivity contribution >= 4 is 20.4 Å². The van der Waals surface area contributed by atoms with Crippen LogP contribution in [0.5, 0.6) is 0 Å². The number of hydrogen-bond acceptors (Lipinski definition) is 5. The van der Waals surface area contributed by atoms with E-state index in [0.717, 1.165) is 0 Å². The maximum absolute atomic E-state index is 12.9. The Hall–Kier alpha value is -1.38. The SMILES string of the molecule is NCc1cccc2c1C(S(=O)(=O)c1ccccc1)CS2(O)O. The number of nitrogens with two attached hydrogens (primary N) is 1. The summed E-state index contributed by atoms with van der Waals surface area (Å²) >= 11 is 0. The van der Waals surface area contributed by atoms with Gasteiger partial charge in [-0.05, 0) is 29.3 Å². The molecule has 2 aromatic carbocycles. The number of fused-ring (bicyclic) bond motifs is 1. The van der Waals surface area contributed by atoms with Gasteiger partial charge in [0.15, 0.2) is 9.84 Å². The molecule has 0 spiro atoms. The summed E-state index contributed by atoms with van der Waals surface area (Å²) in [5.74, 6) is -0.212. The van der Waals surface area contributed by atoms with Gasteiger partial charge in [0, 0.05) is 6.54 Å². The molecule has 118 valence electrons. The number of benzene rings is 2. The largest absolute Gasteiger partial charge is 0.326 e. The third-order valence-corrected chi connectivity index (χ3v) is 8.03. The molecule has 4 N–H and O–H groups in total. The highest BCUT2D eigenvalue weighted by Gasteiger charge is 2.44. The zero-order valence-electron chi connectivity index (χ0n) is 11.7. The predicted octanol–water partition coefficient (Wildman–Crippen LogP) is 2.78. The van der Waals surface area contributed by atoms with Gasteiger partial charge in [0.2, 0.25) is 0 Å². The van der Waals surface area contributed by atoms with E-state index in [-0.39, 0.29) is 17.2 Å². The average Bonchev–Trinajstić information content (AvgIpc) is 2.81. The molecule has 7 heteroatoms. The van der Waals surface area contributed by atoms with E-state index < -0.39 is 25.7 Å². The van der Waals surface area contributed by atoms with E-state index in [2.05, 4.69) is 0 Å². The first-order chi connectivity index (χ1) is 10.4. The first-order valence-corrected chi connectivity index (χ1v) is 10.0. The summed E-state index contributed by atoms with van der Waals surface area (Å²) in [7, 11) is -6.82. The van der Waals surface area contributed by atoms with Crippen molar-refractivity contribution in [2.75, 3.05) is 5.75 Å². The minimum atomic E-state index is -3.71. The monoisotopic (exact) mass is 339 g/mol. The number of rotatable bonds is 3. The summed E-state index contributed by atoms with van der Waals surface area (Å²) in [5, 5.41) is -0.977. The van der Waals surface area contributed by atoms with E-state index in [0.29, 0.717) is 16.0 Å². The van der Waals surface area contributed by atoms with Gasteiger partial charge in [0.1, 0.15) is 5.25 Å². The Kier molecular flexibility index (Phi) is 3.78. The van der Waals surface area contributed by atoms with Gasteiger partial charge in [0.25, 0.3) is 0 Å². The molecule has 0 radical (unpaired) electrons. The van der Waals surface area contributed by atoms with Crippen molar-refractivity contribution < 1.29 is 17.5 Å². The van der Waals surface area contributed by atoms with Gasteiger partial charge in [-0.15, -0.1) is 0 Å². The van der Waals surface area contributed by atoms with Gasteiger partial charge in [0.05, 0.1) is 15.5 Å². The topological polar surface area (TPSA) is 101 Å². The van der Waals surface area contributed by atoms with Crippen LogP contribution in [0.25, 0.3) is 0 Å². The molecule has 1 aliphatic heterocycles. The third-order valence-electron chi connectivity index (χ3n) is 3.88. The fourth-order valence-corrected chi connectivity index (χ4v) is 7.33. The molecule has 2 aromatic rings. The van der Waals surface area contributed by atoms with Crippen molar-refractivity contribution in [1.29, 1.82) is 0 Å². The maximum atomic E-state index is 12.9. The predicted molar refractivity (Wildman–Crippen MR) is 86.7 cm³/mol. The summed E-state index contributed by atoms with van der Waals surface area (Å²) < 4.78 is 46.4. The molecule has 1 heterocycles. The van der Waals surface area contributed by atoms with Crippen molar-refractivity contribution in [3.05, 3.63) is 59.7 Å². The average molecular weight is 339 g/mol. The molecule has 0 fully saturated rings. The summed E-state index contributed by atoms with van der Waals surface area (Å²) in [5.41, 5.74) is 6.80. The molecule has 0 aromatic heterocycles.